The van der Waals surface area contributed by atoms with Crippen LogP contribution in [0.4, 0.5) is 0 Å². The Morgan fingerprint density at radius 1 is 1.29 bits per heavy atom. The molecule has 17 heavy (non-hydrogen) atoms. The number of unbranched alkanes of at least 4 members (excludes halogenated alkanes) is 3. The first-order chi connectivity index (χ1) is 8.15. The fourth-order valence-corrected chi connectivity index (χ4v) is 2.08. The van der Waals surface area contributed by atoms with Gasteiger partial charge < -0.3 is 5.32 Å². The van der Waals surface area contributed by atoms with Crippen molar-refractivity contribution in [3.8, 4) is 0 Å². The van der Waals surface area contributed by atoms with E-state index in [0.717, 1.165) is 13.1 Å². The Morgan fingerprint density at radius 3 is 2.71 bits per heavy atom. The summed E-state index contributed by atoms with van der Waals surface area (Å²) in [7, 11) is 2.00. The van der Waals surface area contributed by atoms with Crippen LogP contribution in [0.2, 0.25) is 0 Å². The minimum absolute atomic E-state index is 0.507. The van der Waals surface area contributed by atoms with Gasteiger partial charge in [-0.3, -0.25) is 4.68 Å². The third-order valence-corrected chi connectivity index (χ3v) is 3.01. The molecule has 1 aromatic rings. The van der Waals surface area contributed by atoms with Gasteiger partial charge in [-0.05, 0) is 18.9 Å². The van der Waals surface area contributed by atoms with Gasteiger partial charge in [0.05, 0.1) is 5.69 Å². The lowest BCUT2D eigenvalue weighted by Gasteiger charge is -2.06. The molecular weight excluding hydrogens is 210 g/mol. The Balaban J connectivity index is 2.31. The molecule has 0 spiro atoms. The van der Waals surface area contributed by atoms with Gasteiger partial charge in [0.1, 0.15) is 0 Å². The van der Waals surface area contributed by atoms with Crippen LogP contribution in [0.5, 0.6) is 0 Å². The normalized spacial score (nSPS) is 11.4. The van der Waals surface area contributed by atoms with Crippen LogP contribution >= 0.6 is 0 Å². The van der Waals surface area contributed by atoms with Crippen LogP contribution in [0.25, 0.3) is 0 Å². The number of nitrogens with zero attached hydrogens (tertiary/aromatic N) is 2. The maximum absolute atomic E-state index is 4.52. The molecule has 0 bridgehead atoms. The Hall–Kier alpha value is -0.830. The topological polar surface area (TPSA) is 29.9 Å². The lowest BCUT2D eigenvalue weighted by atomic mass is 10.1. The largest absolute Gasteiger partial charge is 0.313 e. The Labute approximate surface area is 106 Å². The molecule has 1 heterocycles. The van der Waals surface area contributed by atoms with Crippen LogP contribution in [-0.4, -0.2) is 16.3 Å². The first kappa shape index (κ1) is 14.2. The summed E-state index contributed by atoms with van der Waals surface area (Å²) in [4.78, 5) is 0. The van der Waals surface area contributed by atoms with Crippen molar-refractivity contribution in [2.75, 3.05) is 6.54 Å². The van der Waals surface area contributed by atoms with Gasteiger partial charge in [-0.1, -0.05) is 40.0 Å². The van der Waals surface area contributed by atoms with Crippen LogP contribution in [0.3, 0.4) is 0 Å². The molecule has 1 rings (SSSR count). The predicted octanol–water partition coefficient (Wildman–Crippen LogP) is 3.21. The molecule has 0 aliphatic heterocycles. The number of hydrogen-bond donors (Lipinski definition) is 1. The van der Waals surface area contributed by atoms with E-state index in [1.54, 1.807) is 0 Å². The van der Waals surface area contributed by atoms with Crippen LogP contribution in [-0.2, 0) is 13.6 Å². The highest BCUT2D eigenvalue weighted by Crippen LogP contribution is 2.16. The summed E-state index contributed by atoms with van der Waals surface area (Å²) >= 11 is 0. The molecule has 0 radical (unpaired) electrons. The number of hydrogen-bond acceptors (Lipinski definition) is 2. The average molecular weight is 237 g/mol. The monoisotopic (exact) mass is 237 g/mol. The standard InChI is InChI=1S/C14H27N3/c1-5-6-7-8-9-15-10-13-11-17(4)16-14(13)12(2)3/h11-12,15H,5-10H2,1-4H3. The highest BCUT2D eigenvalue weighted by molar-refractivity contribution is 5.19. The van der Waals surface area contributed by atoms with E-state index in [-0.39, 0.29) is 0 Å². The van der Waals surface area contributed by atoms with Gasteiger partial charge in [0.15, 0.2) is 0 Å². The van der Waals surface area contributed by atoms with Crippen molar-refractivity contribution in [3.05, 3.63) is 17.5 Å². The smallest absolute Gasteiger partial charge is 0.0694 e. The first-order valence-electron chi connectivity index (χ1n) is 6.88. The van der Waals surface area contributed by atoms with Gasteiger partial charge in [-0.15, -0.1) is 0 Å². The van der Waals surface area contributed by atoms with Gasteiger partial charge in [0.25, 0.3) is 0 Å². The summed E-state index contributed by atoms with van der Waals surface area (Å²) in [5, 5.41) is 8.03. The van der Waals surface area contributed by atoms with E-state index in [2.05, 4.69) is 37.4 Å². The number of rotatable bonds is 8. The second-order valence-electron chi connectivity index (χ2n) is 5.11. The quantitative estimate of drug-likeness (QED) is 0.704. The molecule has 0 fully saturated rings. The molecular formula is C14H27N3. The van der Waals surface area contributed by atoms with Crippen LogP contribution in [0.15, 0.2) is 6.20 Å². The highest BCUT2D eigenvalue weighted by atomic mass is 15.3. The molecule has 98 valence electrons. The third-order valence-electron chi connectivity index (χ3n) is 3.01. The van der Waals surface area contributed by atoms with Crippen molar-refractivity contribution < 1.29 is 0 Å². The number of aromatic nitrogens is 2. The van der Waals surface area contributed by atoms with E-state index < -0.39 is 0 Å². The summed E-state index contributed by atoms with van der Waals surface area (Å²) in [6, 6.07) is 0. The number of nitrogens with one attached hydrogen (secondary N) is 1. The molecule has 1 N–H and O–H groups in total. The molecule has 0 saturated carbocycles. The molecule has 0 saturated heterocycles. The Kier molecular flexibility index (Phi) is 6.27. The molecule has 0 amide bonds. The van der Waals surface area contributed by atoms with E-state index in [1.807, 2.05) is 11.7 Å². The van der Waals surface area contributed by atoms with Crippen LogP contribution in [0.1, 0.15) is 63.6 Å². The maximum atomic E-state index is 4.52. The third kappa shape index (κ3) is 4.90. The fraction of sp³-hybridized carbons (Fsp3) is 0.786. The summed E-state index contributed by atoms with van der Waals surface area (Å²) in [5.41, 5.74) is 2.58. The zero-order valence-electron chi connectivity index (χ0n) is 11.8. The molecule has 0 aromatic carbocycles. The van der Waals surface area contributed by atoms with E-state index in [9.17, 15) is 0 Å². The SMILES string of the molecule is CCCCCCNCc1cn(C)nc1C(C)C. The van der Waals surface area contributed by atoms with Gasteiger partial charge in [0.2, 0.25) is 0 Å². The van der Waals surface area contributed by atoms with Gasteiger partial charge in [0, 0.05) is 25.4 Å². The molecule has 0 atom stereocenters. The molecule has 0 aliphatic carbocycles. The van der Waals surface area contributed by atoms with E-state index in [1.165, 1.54) is 36.9 Å². The first-order valence-corrected chi connectivity index (χ1v) is 6.88. The second-order valence-corrected chi connectivity index (χ2v) is 5.11. The van der Waals surface area contributed by atoms with Gasteiger partial charge >= 0.3 is 0 Å². The van der Waals surface area contributed by atoms with E-state index >= 15 is 0 Å². The van der Waals surface area contributed by atoms with Gasteiger partial charge in [-0.2, -0.15) is 5.10 Å². The molecule has 3 nitrogen and oxygen atoms in total. The second kappa shape index (κ2) is 7.49. The number of aryl methyl sites for hydroxylation is 1. The fourth-order valence-electron chi connectivity index (χ4n) is 2.08. The zero-order valence-corrected chi connectivity index (χ0v) is 11.8. The van der Waals surface area contributed by atoms with Crippen LogP contribution < -0.4 is 5.32 Å². The summed E-state index contributed by atoms with van der Waals surface area (Å²) in [5.74, 6) is 0.507. The summed E-state index contributed by atoms with van der Waals surface area (Å²) in [6.07, 6.45) is 7.42. The van der Waals surface area contributed by atoms with Crippen molar-refractivity contribution >= 4 is 0 Å². The van der Waals surface area contributed by atoms with Crippen molar-refractivity contribution in [1.82, 2.24) is 15.1 Å². The molecule has 1 aromatic heterocycles. The van der Waals surface area contributed by atoms with Crippen molar-refractivity contribution in [2.24, 2.45) is 7.05 Å². The highest BCUT2D eigenvalue weighted by Gasteiger charge is 2.10. The minimum Gasteiger partial charge on any atom is -0.313 e. The zero-order chi connectivity index (χ0) is 12.7. The average Bonchev–Trinajstić information content (AvgIpc) is 2.65. The summed E-state index contributed by atoms with van der Waals surface area (Å²) < 4.78 is 1.92. The van der Waals surface area contributed by atoms with E-state index in [4.69, 9.17) is 0 Å². The van der Waals surface area contributed by atoms with Crippen molar-refractivity contribution in [1.29, 1.82) is 0 Å². The summed E-state index contributed by atoms with van der Waals surface area (Å²) in [6.45, 7) is 8.72. The molecule has 0 unspecified atom stereocenters. The minimum atomic E-state index is 0.507. The Morgan fingerprint density at radius 2 is 2.06 bits per heavy atom. The van der Waals surface area contributed by atoms with Gasteiger partial charge in [-0.25, -0.2) is 0 Å². The Bertz CT molecular complexity index is 315. The van der Waals surface area contributed by atoms with Crippen LogP contribution in [0, 0.1) is 0 Å². The lowest BCUT2D eigenvalue weighted by molar-refractivity contribution is 0.595. The molecule has 3 heteroatoms. The maximum Gasteiger partial charge on any atom is 0.0694 e. The lowest BCUT2D eigenvalue weighted by Crippen LogP contribution is -2.15. The predicted molar refractivity (Wildman–Crippen MR) is 73.1 cm³/mol. The van der Waals surface area contributed by atoms with Crippen molar-refractivity contribution in [3.63, 3.8) is 0 Å². The molecule has 0 aliphatic rings. The van der Waals surface area contributed by atoms with Crippen molar-refractivity contribution in [2.45, 2.75) is 58.9 Å². The van der Waals surface area contributed by atoms with E-state index in [0.29, 0.717) is 5.92 Å².